The van der Waals surface area contributed by atoms with Crippen molar-refractivity contribution in [2.45, 2.75) is 147 Å². The van der Waals surface area contributed by atoms with Crippen LogP contribution in [0.3, 0.4) is 0 Å². The van der Waals surface area contributed by atoms with E-state index < -0.39 is 30.4 Å². The number of halogens is 5. The summed E-state index contributed by atoms with van der Waals surface area (Å²) in [6, 6.07) is 7.53. The van der Waals surface area contributed by atoms with E-state index in [-0.39, 0.29) is 29.8 Å². The fraction of sp³-hybridized carbons (Fsp3) is 0.658. The van der Waals surface area contributed by atoms with Crippen molar-refractivity contribution >= 4 is 5.97 Å². The van der Waals surface area contributed by atoms with Crippen molar-refractivity contribution in [3.8, 4) is 5.75 Å². The summed E-state index contributed by atoms with van der Waals surface area (Å²) in [4.78, 5) is 11.7. The first kappa shape index (κ1) is 42.2. The number of aliphatic hydroxyl groups is 1. The minimum absolute atomic E-state index is 0.0828. The lowest BCUT2D eigenvalue weighted by molar-refractivity contribution is -0.284. The highest BCUT2D eigenvalue weighted by molar-refractivity contribution is 5.69. The number of carboxylic acid groups (broad SMARTS) is 1. The summed E-state index contributed by atoms with van der Waals surface area (Å²) in [6.07, 6.45) is 9.54. The Hall–Kier alpha value is -2.84. The van der Waals surface area contributed by atoms with Crippen LogP contribution in [0.5, 0.6) is 5.75 Å². The van der Waals surface area contributed by atoms with E-state index in [1.807, 2.05) is 19.1 Å². The Balaban J connectivity index is 2.59. The Bertz CT molecular complexity index is 1100. The van der Waals surface area contributed by atoms with Gasteiger partial charge in [0.25, 0.3) is 0 Å². The van der Waals surface area contributed by atoms with Gasteiger partial charge in [0, 0.05) is 6.42 Å². The average Bonchev–Trinajstić information content (AvgIpc) is 2.99. The second kappa shape index (κ2) is 21.2. The summed E-state index contributed by atoms with van der Waals surface area (Å²) < 4.78 is 62.8. The molecule has 0 amide bonds. The molecule has 0 aliphatic heterocycles. The number of carbonyl (C=O) groups is 1. The van der Waals surface area contributed by atoms with Gasteiger partial charge < -0.3 is 15.3 Å². The molecule has 47 heavy (non-hydrogen) atoms. The van der Waals surface area contributed by atoms with Crippen molar-refractivity contribution < 1.29 is 42.1 Å². The topological polar surface area (TPSA) is 77.8 Å². The fourth-order valence-electron chi connectivity index (χ4n) is 6.82. The van der Waals surface area contributed by atoms with E-state index in [0.29, 0.717) is 31.6 Å². The quantitative estimate of drug-likeness (QED) is 0.0418. The van der Waals surface area contributed by atoms with Gasteiger partial charge in [-0.2, -0.15) is 22.0 Å². The maximum atomic E-state index is 13.0. The zero-order chi connectivity index (χ0) is 35.5. The molecule has 0 radical (unpaired) electrons. The van der Waals surface area contributed by atoms with Crippen molar-refractivity contribution in [1.82, 2.24) is 0 Å². The summed E-state index contributed by atoms with van der Waals surface area (Å²) in [6.45, 7) is 10.1. The highest BCUT2D eigenvalue weighted by Gasteiger charge is 2.56. The number of aromatic hydroxyl groups is 1. The van der Waals surface area contributed by atoms with E-state index >= 15 is 0 Å². The number of hydrogen-bond donors (Lipinski definition) is 3. The third kappa shape index (κ3) is 14.9. The van der Waals surface area contributed by atoms with Crippen LogP contribution in [0.2, 0.25) is 0 Å². The van der Waals surface area contributed by atoms with Gasteiger partial charge >= 0.3 is 18.1 Å². The van der Waals surface area contributed by atoms with E-state index in [1.54, 1.807) is 30.4 Å². The first-order valence-corrected chi connectivity index (χ1v) is 17.3. The summed E-state index contributed by atoms with van der Waals surface area (Å²) >= 11 is 0. The van der Waals surface area contributed by atoms with Gasteiger partial charge in [-0.25, -0.2) is 0 Å². The molecule has 4 nitrogen and oxygen atoms in total. The van der Waals surface area contributed by atoms with Crippen molar-refractivity contribution in [3.05, 3.63) is 66.0 Å². The first-order valence-electron chi connectivity index (χ1n) is 17.3. The Kier molecular flexibility index (Phi) is 19.0. The third-order valence-corrected chi connectivity index (χ3v) is 9.65. The van der Waals surface area contributed by atoms with Crippen LogP contribution in [0, 0.1) is 11.8 Å². The number of alkyl halides is 5. The van der Waals surface area contributed by atoms with Crippen LogP contribution in [0.1, 0.15) is 135 Å². The first-order chi connectivity index (χ1) is 22.1. The van der Waals surface area contributed by atoms with Crippen molar-refractivity contribution in [2.24, 2.45) is 11.8 Å². The highest BCUT2D eigenvalue weighted by Crippen LogP contribution is 2.45. The second-order valence-electron chi connectivity index (χ2n) is 13.0. The molecule has 0 saturated heterocycles. The molecule has 2 unspecified atom stereocenters. The maximum absolute atomic E-state index is 13.0. The molecule has 1 rings (SSSR count). The van der Waals surface area contributed by atoms with Crippen molar-refractivity contribution in [2.75, 3.05) is 0 Å². The van der Waals surface area contributed by atoms with Crippen molar-refractivity contribution in [3.63, 3.8) is 0 Å². The largest absolute Gasteiger partial charge is 0.508 e. The molecule has 0 heterocycles. The van der Waals surface area contributed by atoms with Crippen LogP contribution < -0.4 is 0 Å². The summed E-state index contributed by atoms with van der Waals surface area (Å²) in [5, 5.41) is 29.7. The maximum Gasteiger partial charge on any atom is 0.453 e. The van der Waals surface area contributed by atoms with Gasteiger partial charge in [0.1, 0.15) is 11.5 Å². The zero-order valence-electron chi connectivity index (χ0n) is 28.6. The molecule has 9 heteroatoms. The highest BCUT2D eigenvalue weighted by atomic mass is 19.4. The van der Waals surface area contributed by atoms with Gasteiger partial charge in [-0.3, -0.25) is 4.79 Å². The lowest BCUT2D eigenvalue weighted by atomic mass is 9.63. The number of phenols is 1. The predicted molar refractivity (Wildman–Crippen MR) is 180 cm³/mol. The van der Waals surface area contributed by atoms with Gasteiger partial charge in [0.2, 0.25) is 0 Å². The minimum Gasteiger partial charge on any atom is -0.508 e. The van der Waals surface area contributed by atoms with Gasteiger partial charge in [0.05, 0.1) is 5.92 Å². The number of allylic oxidation sites excluding steroid dienone is 4. The summed E-state index contributed by atoms with van der Waals surface area (Å²) in [5.41, 5.74) is 2.21. The third-order valence-electron chi connectivity index (χ3n) is 9.65. The molecule has 0 spiro atoms. The molecule has 1 aromatic rings. The molecule has 0 aliphatic rings. The Morgan fingerprint density at radius 1 is 0.809 bits per heavy atom. The molecule has 0 fully saturated rings. The lowest BCUT2D eigenvalue weighted by Gasteiger charge is -2.41. The summed E-state index contributed by atoms with van der Waals surface area (Å²) in [5.74, 6) is -5.35. The Morgan fingerprint density at radius 2 is 1.30 bits per heavy atom. The van der Waals surface area contributed by atoms with Gasteiger partial charge in [0.15, 0.2) is 0 Å². The van der Waals surface area contributed by atoms with Crippen LogP contribution in [0.25, 0.3) is 0 Å². The van der Waals surface area contributed by atoms with Crippen LogP contribution in [-0.4, -0.2) is 33.4 Å². The molecule has 2 atom stereocenters. The number of aliphatic hydroxyl groups excluding tert-OH is 1. The number of carboxylic acids is 1. The molecular formula is C38H57F5O4. The Labute approximate surface area is 278 Å². The normalized spacial score (nSPS) is 14.6. The lowest BCUT2D eigenvalue weighted by Crippen LogP contribution is -2.36. The number of rotatable bonds is 25. The van der Waals surface area contributed by atoms with E-state index in [4.69, 9.17) is 0 Å². The fourth-order valence-corrected chi connectivity index (χ4v) is 6.82. The molecule has 3 N–H and O–H groups in total. The number of phenolic OH excluding ortho intramolecular Hbond substituents is 1. The molecule has 1 aromatic carbocycles. The minimum atomic E-state index is -5.53. The summed E-state index contributed by atoms with van der Waals surface area (Å²) in [7, 11) is 0. The molecule has 0 aromatic heterocycles. The van der Waals surface area contributed by atoms with Gasteiger partial charge in [-0.15, -0.1) is 0 Å². The van der Waals surface area contributed by atoms with Crippen LogP contribution in [-0.2, 0) is 10.2 Å². The van der Waals surface area contributed by atoms with E-state index in [0.717, 1.165) is 69.8 Å². The number of hydrogen-bond acceptors (Lipinski definition) is 3. The Morgan fingerprint density at radius 3 is 1.77 bits per heavy atom. The smallest absolute Gasteiger partial charge is 0.453 e. The van der Waals surface area contributed by atoms with Crippen LogP contribution in [0.15, 0.2) is 60.4 Å². The van der Waals surface area contributed by atoms with Crippen LogP contribution in [0.4, 0.5) is 22.0 Å². The van der Waals surface area contributed by atoms with Crippen LogP contribution >= 0.6 is 0 Å². The molecule has 0 saturated carbocycles. The van der Waals surface area contributed by atoms with E-state index in [2.05, 4.69) is 20.4 Å². The number of benzene rings is 1. The van der Waals surface area contributed by atoms with Gasteiger partial charge in [-0.1, -0.05) is 102 Å². The molecule has 0 bridgehead atoms. The number of unbranched alkanes of at least 4 members (excludes halogenated alkanes) is 8. The second-order valence-corrected chi connectivity index (χ2v) is 13.0. The van der Waals surface area contributed by atoms with Gasteiger partial charge in [-0.05, 0) is 93.1 Å². The standard InChI is InChI=1S/C38H57F5O4/c1-5-18-34(45)28-29(4)27-32(36(6-2,7-3)31-22-24-33(44)25-23-31)21-16-11-9-8-10-14-19-30(35(46)47)20-15-12-13-17-26-37(39,40)38(41,42)43/h5,18,22-25,28,30,32,44-45H,1,6-17,19-21,26-27H2,2-4H3,(H,46,47)/b29-28-,34-18+. The molecule has 268 valence electrons. The SMILES string of the molecule is C=C/C=C(O)\C=C(\C)CC(CCCCCCCCC(CCCCCCC(F)(F)C(F)(F)F)C(=O)O)C(CC)(CC)c1ccc(O)cc1. The van der Waals surface area contributed by atoms with E-state index in [1.165, 1.54) is 5.56 Å². The zero-order valence-corrected chi connectivity index (χ0v) is 28.6. The van der Waals surface area contributed by atoms with E-state index in [9.17, 15) is 42.1 Å². The number of aliphatic carboxylic acids is 1. The van der Waals surface area contributed by atoms with Crippen molar-refractivity contribution in [1.29, 1.82) is 0 Å². The average molecular weight is 673 g/mol. The molecular weight excluding hydrogens is 615 g/mol. The predicted octanol–water partition coefficient (Wildman–Crippen LogP) is 12.4. The monoisotopic (exact) mass is 672 g/mol. The molecule has 0 aliphatic carbocycles.